The first-order valence-corrected chi connectivity index (χ1v) is 12.2. The molecule has 2 aromatic rings. The lowest BCUT2D eigenvalue weighted by molar-refractivity contribution is -0.116. The minimum Gasteiger partial charge on any atom is -0.462 e. The quantitative estimate of drug-likeness (QED) is 0.294. The van der Waals surface area contributed by atoms with E-state index in [4.69, 9.17) is 16.3 Å². The number of nitrogens with one attached hydrogen (secondary N) is 1. The molecule has 1 aliphatic carbocycles. The molecule has 0 radical (unpaired) electrons. The van der Waals surface area contributed by atoms with Gasteiger partial charge in [0.05, 0.1) is 12.2 Å². The highest BCUT2D eigenvalue weighted by molar-refractivity contribution is 7.99. The summed E-state index contributed by atoms with van der Waals surface area (Å²) >= 11 is 9.14. The van der Waals surface area contributed by atoms with Crippen LogP contribution in [0, 0.1) is 5.92 Å². The maximum absolute atomic E-state index is 12.5. The molecular formula is C22H26ClNO3S2. The molecule has 0 saturated heterocycles. The number of rotatable bonds is 8. The summed E-state index contributed by atoms with van der Waals surface area (Å²) in [6.45, 7) is 4.36. The highest BCUT2D eigenvalue weighted by Crippen LogP contribution is 2.40. The Morgan fingerprint density at radius 3 is 2.79 bits per heavy atom. The Balaban J connectivity index is 1.59. The predicted molar refractivity (Wildman–Crippen MR) is 122 cm³/mol. The van der Waals surface area contributed by atoms with Crippen molar-refractivity contribution in [3.05, 3.63) is 45.3 Å². The van der Waals surface area contributed by atoms with Gasteiger partial charge >= 0.3 is 5.97 Å². The molecule has 29 heavy (non-hydrogen) atoms. The molecule has 3 rings (SSSR count). The smallest absolute Gasteiger partial charge is 0.341 e. The van der Waals surface area contributed by atoms with Gasteiger partial charge in [-0.1, -0.05) is 18.5 Å². The summed E-state index contributed by atoms with van der Waals surface area (Å²) in [5.41, 5.74) is 1.64. The number of thiophene rings is 1. The van der Waals surface area contributed by atoms with Crippen LogP contribution in [0.3, 0.4) is 0 Å². The van der Waals surface area contributed by atoms with Crippen molar-refractivity contribution in [1.29, 1.82) is 0 Å². The molecule has 4 nitrogen and oxygen atoms in total. The number of carbonyl (C=O) groups is 2. The zero-order valence-electron chi connectivity index (χ0n) is 16.8. The number of hydrogen-bond acceptors (Lipinski definition) is 5. The summed E-state index contributed by atoms with van der Waals surface area (Å²) in [6, 6.07) is 7.70. The van der Waals surface area contributed by atoms with E-state index in [1.54, 1.807) is 18.7 Å². The van der Waals surface area contributed by atoms with Crippen LogP contribution >= 0.6 is 34.7 Å². The molecule has 1 heterocycles. The van der Waals surface area contributed by atoms with Gasteiger partial charge in [0.15, 0.2) is 0 Å². The zero-order chi connectivity index (χ0) is 20.8. The molecule has 0 bridgehead atoms. The van der Waals surface area contributed by atoms with E-state index >= 15 is 0 Å². The molecule has 1 unspecified atom stereocenters. The molecule has 156 valence electrons. The maximum Gasteiger partial charge on any atom is 0.341 e. The van der Waals surface area contributed by atoms with E-state index in [1.165, 1.54) is 16.2 Å². The number of halogens is 1. The molecule has 1 aliphatic rings. The molecule has 1 aromatic carbocycles. The van der Waals surface area contributed by atoms with E-state index < -0.39 is 0 Å². The van der Waals surface area contributed by atoms with Crippen molar-refractivity contribution < 1.29 is 14.3 Å². The summed E-state index contributed by atoms with van der Waals surface area (Å²) in [7, 11) is 0. The number of carbonyl (C=O) groups excluding carboxylic acids is 2. The molecule has 0 spiro atoms. The molecule has 0 saturated carbocycles. The van der Waals surface area contributed by atoms with Gasteiger partial charge in [0.2, 0.25) is 5.91 Å². The summed E-state index contributed by atoms with van der Waals surface area (Å²) in [4.78, 5) is 27.4. The first-order chi connectivity index (χ1) is 14.0. The van der Waals surface area contributed by atoms with Crippen LogP contribution in [0.2, 0.25) is 5.02 Å². The highest BCUT2D eigenvalue weighted by atomic mass is 35.5. The van der Waals surface area contributed by atoms with Gasteiger partial charge in [0.25, 0.3) is 0 Å². The SMILES string of the molecule is CCOC(=O)c1c(NC(=O)CCCSc2ccc(Cl)cc2)sc2c1CCC(C)C2. The number of amides is 1. The number of thioether (sulfide) groups is 1. The largest absolute Gasteiger partial charge is 0.462 e. The van der Waals surface area contributed by atoms with Crippen molar-refractivity contribution in [2.45, 2.75) is 50.8 Å². The van der Waals surface area contributed by atoms with Gasteiger partial charge in [-0.25, -0.2) is 4.79 Å². The zero-order valence-corrected chi connectivity index (χ0v) is 19.1. The van der Waals surface area contributed by atoms with E-state index in [0.717, 1.165) is 46.9 Å². The molecule has 1 atom stereocenters. The van der Waals surface area contributed by atoms with E-state index in [1.807, 2.05) is 24.3 Å². The van der Waals surface area contributed by atoms with Crippen LogP contribution in [0.15, 0.2) is 29.2 Å². The van der Waals surface area contributed by atoms with Crippen molar-refractivity contribution in [3.63, 3.8) is 0 Å². The van der Waals surface area contributed by atoms with Crippen molar-refractivity contribution in [1.82, 2.24) is 0 Å². The van der Waals surface area contributed by atoms with Crippen LogP contribution in [0.25, 0.3) is 0 Å². The topological polar surface area (TPSA) is 55.4 Å². The molecule has 1 aromatic heterocycles. The van der Waals surface area contributed by atoms with Crippen molar-refractivity contribution in [2.75, 3.05) is 17.7 Å². The average molecular weight is 452 g/mol. The van der Waals surface area contributed by atoms with Gasteiger partial charge in [-0.3, -0.25) is 4.79 Å². The van der Waals surface area contributed by atoms with Crippen LogP contribution in [0.1, 0.15) is 53.9 Å². The molecular weight excluding hydrogens is 426 g/mol. The van der Waals surface area contributed by atoms with Crippen LogP contribution in [-0.2, 0) is 22.4 Å². The van der Waals surface area contributed by atoms with Crippen LogP contribution in [0.4, 0.5) is 5.00 Å². The second kappa shape index (κ2) is 10.5. The van der Waals surface area contributed by atoms with Crippen molar-refractivity contribution in [3.8, 4) is 0 Å². The second-order valence-electron chi connectivity index (χ2n) is 7.23. The number of benzene rings is 1. The van der Waals surface area contributed by atoms with E-state index in [-0.39, 0.29) is 11.9 Å². The lowest BCUT2D eigenvalue weighted by Gasteiger charge is -2.18. The predicted octanol–water partition coefficient (Wildman–Crippen LogP) is 6.21. The van der Waals surface area contributed by atoms with Crippen LogP contribution in [-0.4, -0.2) is 24.2 Å². The fourth-order valence-electron chi connectivity index (χ4n) is 3.40. The molecule has 0 aliphatic heterocycles. The van der Waals surface area contributed by atoms with Gasteiger partial charge in [0.1, 0.15) is 5.00 Å². The second-order valence-corrected chi connectivity index (χ2v) is 9.94. The lowest BCUT2D eigenvalue weighted by Crippen LogP contribution is -2.16. The van der Waals surface area contributed by atoms with Gasteiger partial charge in [-0.2, -0.15) is 0 Å². The Bertz CT molecular complexity index is 864. The highest BCUT2D eigenvalue weighted by Gasteiger charge is 2.29. The van der Waals surface area contributed by atoms with Crippen LogP contribution < -0.4 is 5.32 Å². The van der Waals surface area contributed by atoms with E-state index in [9.17, 15) is 9.59 Å². The molecule has 7 heteroatoms. The fourth-order valence-corrected chi connectivity index (χ4v) is 5.79. The third-order valence-electron chi connectivity index (χ3n) is 4.87. The summed E-state index contributed by atoms with van der Waals surface area (Å²) in [5.74, 6) is 1.06. The summed E-state index contributed by atoms with van der Waals surface area (Å²) in [6.07, 6.45) is 4.07. The maximum atomic E-state index is 12.5. The first kappa shape index (κ1) is 22.2. The third-order valence-corrected chi connectivity index (χ3v) is 7.39. The van der Waals surface area contributed by atoms with Gasteiger partial charge in [-0.15, -0.1) is 23.1 Å². The van der Waals surface area contributed by atoms with Gasteiger partial charge in [0, 0.05) is 21.2 Å². The number of hydrogen-bond donors (Lipinski definition) is 1. The molecule has 1 N–H and O–H groups in total. The Kier molecular flexibility index (Phi) is 8.04. The number of esters is 1. The Morgan fingerprint density at radius 1 is 1.31 bits per heavy atom. The summed E-state index contributed by atoms with van der Waals surface area (Å²) in [5, 5.41) is 4.35. The minimum absolute atomic E-state index is 0.0566. The Labute approximate surface area is 185 Å². The normalized spacial score (nSPS) is 15.6. The van der Waals surface area contributed by atoms with Gasteiger partial charge < -0.3 is 10.1 Å². The van der Waals surface area contributed by atoms with Gasteiger partial charge in [-0.05, 0) is 74.1 Å². The van der Waals surface area contributed by atoms with Crippen molar-refractivity contribution >= 4 is 51.6 Å². The first-order valence-electron chi connectivity index (χ1n) is 9.97. The monoisotopic (exact) mass is 451 g/mol. The third kappa shape index (κ3) is 6.00. The number of anilines is 1. The average Bonchev–Trinajstić information content (AvgIpc) is 3.03. The van der Waals surface area contributed by atoms with E-state index in [0.29, 0.717) is 29.5 Å². The minimum atomic E-state index is -0.326. The molecule has 0 fully saturated rings. The Hall–Kier alpha value is -1.50. The number of fused-ring (bicyclic) bond motifs is 1. The fraction of sp³-hybridized carbons (Fsp3) is 0.455. The lowest BCUT2D eigenvalue weighted by atomic mass is 9.88. The van der Waals surface area contributed by atoms with E-state index in [2.05, 4.69) is 12.2 Å². The number of ether oxygens (including phenoxy) is 1. The standard InChI is InChI=1S/C22H26ClNO3S2/c1-3-27-22(26)20-17-11-6-14(2)13-18(17)29-21(20)24-19(25)5-4-12-28-16-9-7-15(23)8-10-16/h7-10,14H,3-6,11-13H2,1-2H3,(H,24,25). The Morgan fingerprint density at radius 2 is 2.07 bits per heavy atom. The molecule has 1 amide bonds. The van der Waals surface area contributed by atoms with Crippen molar-refractivity contribution in [2.24, 2.45) is 5.92 Å². The summed E-state index contributed by atoms with van der Waals surface area (Å²) < 4.78 is 5.26. The van der Waals surface area contributed by atoms with Crippen LogP contribution in [0.5, 0.6) is 0 Å².